The molecule has 0 fully saturated rings. The van der Waals surface area contributed by atoms with Gasteiger partial charge in [0.05, 0.1) is 24.7 Å². The predicted molar refractivity (Wildman–Crippen MR) is 224 cm³/mol. The fourth-order valence-electron chi connectivity index (χ4n) is 7.23. The molecule has 7 heteroatoms. The Morgan fingerprint density at radius 2 is 1.04 bits per heavy atom. The van der Waals surface area contributed by atoms with Crippen LogP contribution in [0, 0.1) is 0 Å². The molecular formula is C45H24N4S3. The molecule has 0 amide bonds. The zero-order valence-electron chi connectivity index (χ0n) is 36.6. The van der Waals surface area contributed by atoms with E-state index < -0.39 is 30.2 Å². The quantitative estimate of drug-likeness (QED) is 0.182. The smallest absolute Gasteiger partial charge is 0.238 e. The highest BCUT2D eigenvalue weighted by molar-refractivity contribution is 7.27. The summed E-state index contributed by atoms with van der Waals surface area (Å²) in [7, 11) is 0. The first-order valence-corrected chi connectivity index (χ1v) is 18.8. The average molecular weight is 727 g/mol. The number of hydrogen-bond donors (Lipinski definition) is 0. The van der Waals surface area contributed by atoms with E-state index in [0.29, 0.717) is 11.1 Å². The Morgan fingerprint density at radius 3 is 1.73 bits per heavy atom. The lowest BCUT2D eigenvalue weighted by Gasteiger charge is -2.11. The largest absolute Gasteiger partial charge is 0.278 e. The fourth-order valence-corrected chi connectivity index (χ4v) is 10.5. The Kier molecular flexibility index (Phi) is 4.30. The highest BCUT2D eigenvalue weighted by Crippen LogP contribution is 2.44. The minimum absolute atomic E-state index is 0.0231. The normalized spacial score (nSPS) is 14.9. The lowest BCUT2D eigenvalue weighted by molar-refractivity contribution is 0.954. The van der Waals surface area contributed by atoms with Crippen molar-refractivity contribution in [3.63, 3.8) is 0 Å². The monoisotopic (exact) mass is 726 g/mol. The fraction of sp³-hybridized carbons (Fsp3) is 0. The molecule has 5 aromatic heterocycles. The van der Waals surface area contributed by atoms with E-state index in [4.69, 9.17) is 23.2 Å². The average Bonchev–Trinajstić information content (AvgIpc) is 4.07. The zero-order chi connectivity index (χ0) is 42.6. The molecule has 0 N–H and O–H groups in total. The van der Waals surface area contributed by atoms with Gasteiger partial charge in [0, 0.05) is 82.4 Å². The summed E-state index contributed by atoms with van der Waals surface area (Å²) in [6, 6.07) is 24.2. The van der Waals surface area contributed by atoms with E-state index in [0.717, 1.165) is 51.7 Å². The van der Waals surface area contributed by atoms with Crippen molar-refractivity contribution in [1.82, 2.24) is 19.5 Å². The van der Waals surface area contributed by atoms with Crippen molar-refractivity contribution in [3.05, 3.63) is 145 Å². The summed E-state index contributed by atoms with van der Waals surface area (Å²) in [4.78, 5) is 15.2. The molecule has 7 aromatic carbocycles. The van der Waals surface area contributed by atoms with Crippen LogP contribution in [0.5, 0.6) is 0 Å². The number of aromatic nitrogens is 4. The first-order chi connectivity index (χ1) is 29.9. The second-order valence-electron chi connectivity index (χ2n) is 12.4. The van der Waals surface area contributed by atoms with Crippen molar-refractivity contribution in [1.29, 1.82) is 0 Å². The second kappa shape index (κ2) is 10.8. The second-order valence-corrected chi connectivity index (χ2v) is 15.6. The molecule has 0 unspecified atom stereocenters. The van der Waals surface area contributed by atoms with Crippen LogP contribution in [0.2, 0.25) is 0 Å². The van der Waals surface area contributed by atoms with Crippen LogP contribution in [0.3, 0.4) is 0 Å². The number of thiophene rings is 3. The Bertz CT molecular complexity index is 3890. The van der Waals surface area contributed by atoms with Crippen LogP contribution in [0.25, 0.3) is 111 Å². The van der Waals surface area contributed by atoms with Gasteiger partial charge in [0.25, 0.3) is 0 Å². The first kappa shape index (κ1) is 20.8. The van der Waals surface area contributed by atoms with Crippen LogP contribution in [0.1, 0.15) is 13.7 Å². The number of hydrogen-bond acceptors (Lipinski definition) is 6. The molecule has 0 saturated heterocycles. The van der Waals surface area contributed by atoms with Gasteiger partial charge in [0.2, 0.25) is 5.95 Å². The Labute approximate surface area is 322 Å². The Balaban J connectivity index is 1.24. The highest BCUT2D eigenvalue weighted by atomic mass is 32.1. The zero-order valence-corrected chi connectivity index (χ0v) is 29.0. The van der Waals surface area contributed by atoms with E-state index in [1.165, 1.54) is 4.57 Å². The Hall–Kier alpha value is -5.99. The lowest BCUT2D eigenvalue weighted by atomic mass is 10.1. The van der Waals surface area contributed by atoms with Crippen LogP contribution < -0.4 is 0 Å². The minimum atomic E-state index is -0.518. The topological polar surface area (TPSA) is 43.6 Å². The maximum absolute atomic E-state index is 9.63. The molecule has 4 nitrogen and oxygen atoms in total. The van der Waals surface area contributed by atoms with Crippen molar-refractivity contribution in [3.8, 4) is 28.7 Å². The summed E-state index contributed by atoms with van der Waals surface area (Å²) >= 11 is 4.35. The van der Waals surface area contributed by atoms with Gasteiger partial charge < -0.3 is 0 Å². The number of benzene rings is 7. The molecule has 12 rings (SSSR count). The van der Waals surface area contributed by atoms with Gasteiger partial charge in [-0.1, -0.05) is 78.7 Å². The van der Waals surface area contributed by atoms with Crippen LogP contribution in [0.15, 0.2) is 145 Å². The summed E-state index contributed by atoms with van der Waals surface area (Å²) in [5.74, 6) is 0.508. The van der Waals surface area contributed by atoms with Crippen LogP contribution in [-0.4, -0.2) is 19.5 Å². The molecule has 0 radical (unpaired) electrons. The van der Waals surface area contributed by atoms with Crippen LogP contribution in [-0.2, 0) is 0 Å². The van der Waals surface area contributed by atoms with Crippen LogP contribution >= 0.6 is 34.0 Å². The molecule has 242 valence electrons. The van der Waals surface area contributed by atoms with Gasteiger partial charge in [-0.15, -0.1) is 34.0 Å². The maximum atomic E-state index is 9.63. The summed E-state index contributed by atoms with van der Waals surface area (Å²) in [5.41, 5.74) is 1.34. The van der Waals surface area contributed by atoms with Crippen molar-refractivity contribution in [2.24, 2.45) is 0 Å². The SMILES string of the molecule is [2H]c1c([2H])c([2H])c2c(sc3c2c([2H])c([2H])c2c3c3c([2H])c([2H])c([2H])c([2H])c3n2-c2nc(-c3ccc4sc5ccccc5c4c3)nc(-c3ccc4sc5ccccc5c4c3)n2)c1[2H]. The molecule has 0 aliphatic carbocycles. The maximum Gasteiger partial charge on any atom is 0.238 e. The van der Waals surface area contributed by atoms with Gasteiger partial charge in [-0.25, -0.2) is 4.98 Å². The van der Waals surface area contributed by atoms with Crippen molar-refractivity contribution < 1.29 is 13.7 Å². The van der Waals surface area contributed by atoms with Gasteiger partial charge >= 0.3 is 0 Å². The standard InChI is InChI=1S/C45H24N4S3/c1-5-13-34-31(12-1)41-35(20-19-30-27-9-2-8-16-38(27)52-42(30)41)49(34)45-47-43(25-17-21-39-32(23-25)28-10-3-6-14-36(28)50-39)46-44(48-45)26-18-22-40-33(24-26)29-11-4-7-15-37(29)51-40/h1-24H/i1D,2D,5D,8D,9D,12D,13D,16D,19D,20D. The highest BCUT2D eigenvalue weighted by Gasteiger charge is 2.21. The van der Waals surface area contributed by atoms with E-state index >= 15 is 0 Å². The number of fused-ring (bicyclic) bond motifs is 13. The first-order valence-electron chi connectivity index (χ1n) is 21.4. The molecule has 52 heavy (non-hydrogen) atoms. The molecule has 12 aromatic rings. The third kappa shape index (κ3) is 4.09. The van der Waals surface area contributed by atoms with E-state index in [2.05, 4.69) is 24.3 Å². The van der Waals surface area contributed by atoms with Crippen LogP contribution in [0.4, 0.5) is 0 Å². The number of rotatable bonds is 3. The lowest BCUT2D eigenvalue weighted by Crippen LogP contribution is -2.06. The van der Waals surface area contributed by atoms with Gasteiger partial charge in [-0.2, -0.15) is 9.97 Å². The molecule has 0 aliphatic heterocycles. The molecule has 0 bridgehead atoms. The van der Waals surface area contributed by atoms with E-state index in [1.807, 2.05) is 60.7 Å². The van der Waals surface area contributed by atoms with Crippen molar-refractivity contribution in [2.45, 2.75) is 0 Å². The van der Waals surface area contributed by atoms with E-state index in [1.54, 1.807) is 22.7 Å². The minimum Gasteiger partial charge on any atom is -0.278 e. The molecule has 0 saturated carbocycles. The molecule has 0 spiro atoms. The van der Waals surface area contributed by atoms with Crippen molar-refractivity contribution >= 4 is 116 Å². The molecule has 0 atom stereocenters. The van der Waals surface area contributed by atoms with Crippen molar-refractivity contribution in [2.75, 3.05) is 0 Å². The third-order valence-corrected chi connectivity index (χ3v) is 13.0. The summed E-state index contributed by atoms with van der Waals surface area (Å²) in [6.45, 7) is 0. The molecule has 5 heterocycles. The van der Waals surface area contributed by atoms with Gasteiger partial charge in [0.1, 0.15) is 0 Å². The van der Waals surface area contributed by atoms with Gasteiger partial charge in [0.15, 0.2) is 11.6 Å². The predicted octanol–water partition coefficient (Wildman–Crippen LogP) is 13.4. The summed E-state index contributed by atoms with van der Waals surface area (Å²) < 4.78 is 96.0. The van der Waals surface area contributed by atoms with Gasteiger partial charge in [-0.05, 0) is 66.7 Å². The van der Waals surface area contributed by atoms with E-state index in [9.17, 15) is 5.48 Å². The number of para-hydroxylation sites is 1. The summed E-state index contributed by atoms with van der Waals surface area (Å²) in [6.07, 6.45) is 0. The summed E-state index contributed by atoms with van der Waals surface area (Å²) in [5, 5.41) is 4.60. The molecule has 0 aliphatic rings. The molecular weight excluding hydrogens is 693 g/mol. The van der Waals surface area contributed by atoms with E-state index in [-0.39, 0.29) is 89.8 Å². The Morgan fingerprint density at radius 1 is 0.442 bits per heavy atom. The third-order valence-electron chi connectivity index (χ3n) is 9.56. The van der Waals surface area contributed by atoms with Gasteiger partial charge in [-0.3, -0.25) is 4.57 Å². The number of nitrogens with zero attached hydrogens (tertiary/aromatic N) is 4.